The Kier molecular flexibility index (Phi) is 3.81. The van der Waals surface area contributed by atoms with Crippen molar-refractivity contribution in [1.29, 1.82) is 0 Å². The van der Waals surface area contributed by atoms with Gasteiger partial charge in [-0.25, -0.2) is 12.8 Å². The molecule has 2 rings (SSSR count). The Morgan fingerprint density at radius 2 is 1.80 bits per heavy atom. The fourth-order valence-corrected chi connectivity index (χ4v) is 3.34. The first-order valence-corrected chi connectivity index (χ1v) is 7.79. The van der Waals surface area contributed by atoms with E-state index < -0.39 is 21.4 Å². The maximum atomic E-state index is 13.8. The van der Waals surface area contributed by atoms with Crippen molar-refractivity contribution in [3.05, 3.63) is 58.9 Å². The number of nitrogen functional groups attached to an aromatic ring is 1. The predicted molar refractivity (Wildman–Crippen MR) is 77.6 cm³/mol. The molecule has 2 N–H and O–H groups in total. The lowest BCUT2D eigenvalue weighted by atomic mass is 10.1. The first-order chi connectivity index (χ1) is 9.31. The van der Waals surface area contributed by atoms with E-state index in [1.165, 1.54) is 12.1 Å². The molecule has 3 nitrogen and oxygen atoms in total. The van der Waals surface area contributed by atoms with Gasteiger partial charge in [-0.05, 0) is 43.2 Å². The van der Waals surface area contributed by atoms with Crippen molar-refractivity contribution < 1.29 is 12.8 Å². The number of nitrogens with two attached hydrogens (primary N) is 1. The second-order valence-electron chi connectivity index (χ2n) is 4.83. The molecule has 0 fully saturated rings. The zero-order valence-electron chi connectivity index (χ0n) is 11.4. The summed E-state index contributed by atoms with van der Waals surface area (Å²) in [5, 5.41) is 0. The summed E-state index contributed by atoms with van der Waals surface area (Å²) in [7, 11) is -3.59. The molecular formula is C15H16FNO2S. The zero-order valence-corrected chi connectivity index (χ0v) is 12.2. The topological polar surface area (TPSA) is 60.2 Å². The molecule has 0 heterocycles. The van der Waals surface area contributed by atoms with Crippen LogP contribution in [0.4, 0.5) is 10.1 Å². The number of halogens is 1. The van der Waals surface area contributed by atoms with E-state index in [2.05, 4.69) is 0 Å². The molecule has 0 unspecified atom stereocenters. The molecule has 2 aromatic carbocycles. The van der Waals surface area contributed by atoms with Gasteiger partial charge in [-0.2, -0.15) is 0 Å². The van der Waals surface area contributed by atoms with E-state index in [1.807, 2.05) is 13.8 Å². The summed E-state index contributed by atoms with van der Waals surface area (Å²) < 4.78 is 38.4. The van der Waals surface area contributed by atoms with Gasteiger partial charge in [0, 0.05) is 5.56 Å². The Bertz CT molecular complexity index is 754. The van der Waals surface area contributed by atoms with Crippen LogP contribution >= 0.6 is 0 Å². The van der Waals surface area contributed by atoms with Gasteiger partial charge in [-0.3, -0.25) is 0 Å². The van der Waals surface area contributed by atoms with E-state index in [1.54, 1.807) is 24.3 Å². The van der Waals surface area contributed by atoms with Crippen molar-refractivity contribution in [2.45, 2.75) is 24.5 Å². The standard InChI is InChI=1S/C15H16FNO2S/c1-10-6-7-13(8-11(10)2)20(18,19)9-12-4-3-5-14(17)15(12)16/h3-8H,9,17H2,1-2H3. The van der Waals surface area contributed by atoms with E-state index in [9.17, 15) is 12.8 Å². The van der Waals surface area contributed by atoms with Crippen molar-refractivity contribution in [1.82, 2.24) is 0 Å². The molecule has 0 aliphatic rings. The van der Waals surface area contributed by atoms with Gasteiger partial charge in [0.1, 0.15) is 5.82 Å². The van der Waals surface area contributed by atoms with Crippen LogP contribution in [0.2, 0.25) is 0 Å². The fraction of sp³-hybridized carbons (Fsp3) is 0.200. The molecule has 0 bridgehead atoms. The molecule has 0 spiro atoms. The lowest BCUT2D eigenvalue weighted by molar-refractivity contribution is 0.588. The second kappa shape index (κ2) is 5.25. The predicted octanol–water partition coefficient (Wildman–Crippen LogP) is 3.00. The number of sulfone groups is 1. The fourth-order valence-electron chi connectivity index (χ4n) is 1.91. The molecule has 0 amide bonds. The molecule has 0 atom stereocenters. The van der Waals surface area contributed by atoms with Gasteiger partial charge in [0.2, 0.25) is 0 Å². The summed E-state index contributed by atoms with van der Waals surface area (Å²) in [5.74, 6) is -1.06. The summed E-state index contributed by atoms with van der Waals surface area (Å²) in [6, 6.07) is 9.28. The van der Waals surface area contributed by atoms with Crippen LogP contribution in [-0.2, 0) is 15.6 Å². The van der Waals surface area contributed by atoms with Crippen LogP contribution in [0.5, 0.6) is 0 Å². The Labute approximate surface area is 118 Å². The molecule has 0 radical (unpaired) electrons. The van der Waals surface area contributed by atoms with Crippen LogP contribution < -0.4 is 5.73 Å². The number of benzene rings is 2. The minimum Gasteiger partial charge on any atom is -0.396 e. The molecule has 0 aliphatic carbocycles. The third kappa shape index (κ3) is 2.82. The zero-order chi connectivity index (χ0) is 14.9. The van der Waals surface area contributed by atoms with E-state index in [4.69, 9.17) is 5.73 Å². The molecule has 0 aliphatic heterocycles. The lowest BCUT2D eigenvalue weighted by Crippen LogP contribution is -2.08. The monoisotopic (exact) mass is 293 g/mol. The van der Waals surface area contributed by atoms with Crippen LogP contribution in [-0.4, -0.2) is 8.42 Å². The Balaban J connectivity index is 2.41. The van der Waals surface area contributed by atoms with Crippen molar-refractivity contribution in [2.24, 2.45) is 0 Å². The van der Waals surface area contributed by atoms with Crippen LogP contribution in [0.15, 0.2) is 41.3 Å². The van der Waals surface area contributed by atoms with Gasteiger partial charge in [-0.1, -0.05) is 18.2 Å². The van der Waals surface area contributed by atoms with E-state index in [0.29, 0.717) is 0 Å². The smallest absolute Gasteiger partial charge is 0.182 e. The molecule has 2 aromatic rings. The third-order valence-electron chi connectivity index (χ3n) is 3.29. The Morgan fingerprint density at radius 3 is 2.45 bits per heavy atom. The van der Waals surface area contributed by atoms with Crippen LogP contribution in [0.3, 0.4) is 0 Å². The largest absolute Gasteiger partial charge is 0.396 e. The summed E-state index contributed by atoms with van der Waals surface area (Å²) in [5.41, 5.74) is 7.40. The molecule has 20 heavy (non-hydrogen) atoms. The Hall–Kier alpha value is -1.88. The maximum absolute atomic E-state index is 13.8. The third-order valence-corrected chi connectivity index (χ3v) is 4.95. The highest BCUT2D eigenvalue weighted by molar-refractivity contribution is 7.90. The average molecular weight is 293 g/mol. The van der Waals surface area contributed by atoms with Crippen molar-refractivity contribution in [3.63, 3.8) is 0 Å². The normalized spacial score (nSPS) is 11.6. The number of rotatable bonds is 3. The highest BCUT2D eigenvalue weighted by Gasteiger charge is 2.19. The van der Waals surface area contributed by atoms with Gasteiger partial charge in [0.25, 0.3) is 0 Å². The van der Waals surface area contributed by atoms with Crippen molar-refractivity contribution >= 4 is 15.5 Å². The molecule has 0 saturated heterocycles. The maximum Gasteiger partial charge on any atom is 0.182 e. The SMILES string of the molecule is Cc1ccc(S(=O)(=O)Cc2cccc(N)c2F)cc1C. The van der Waals surface area contributed by atoms with Gasteiger partial charge in [0.05, 0.1) is 16.3 Å². The molecule has 0 saturated carbocycles. The number of hydrogen-bond donors (Lipinski definition) is 1. The van der Waals surface area contributed by atoms with Crippen molar-refractivity contribution in [3.8, 4) is 0 Å². The number of hydrogen-bond acceptors (Lipinski definition) is 3. The van der Waals surface area contributed by atoms with E-state index in [0.717, 1.165) is 11.1 Å². The second-order valence-corrected chi connectivity index (χ2v) is 6.82. The summed E-state index contributed by atoms with van der Waals surface area (Å²) >= 11 is 0. The van der Waals surface area contributed by atoms with Gasteiger partial charge >= 0.3 is 0 Å². The lowest BCUT2D eigenvalue weighted by Gasteiger charge is -2.09. The van der Waals surface area contributed by atoms with E-state index in [-0.39, 0.29) is 16.1 Å². The minimum absolute atomic E-state index is 0.0437. The van der Waals surface area contributed by atoms with E-state index >= 15 is 0 Å². The van der Waals surface area contributed by atoms with Crippen LogP contribution in [0.25, 0.3) is 0 Å². The minimum atomic E-state index is -3.59. The van der Waals surface area contributed by atoms with Crippen LogP contribution in [0.1, 0.15) is 16.7 Å². The van der Waals surface area contributed by atoms with Gasteiger partial charge in [-0.15, -0.1) is 0 Å². The van der Waals surface area contributed by atoms with Gasteiger partial charge in [0.15, 0.2) is 9.84 Å². The van der Waals surface area contributed by atoms with Crippen LogP contribution in [0, 0.1) is 19.7 Å². The van der Waals surface area contributed by atoms with Crippen molar-refractivity contribution in [2.75, 3.05) is 5.73 Å². The highest BCUT2D eigenvalue weighted by Crippen LogP contribution is 2.22. The summed E-state index contributed by atoms with van der Waals surface area (Å²) in [4.78, 5) is 0.197. The molecule has 0 aromatic heterocycles. The number of aryl methyl sites for hydroxylation is 2. The first kappa shape index (κ1) is 14.5. The van der Waals surface area contributed by atoms with Gasteiger partial charge < -0.3 is 5.73 Å². The average Bonchev–Trinajstić information content (AvgIpc) is 2.38. The highest BCUT2D eigenvalue weighted by atomic mass is 32.2. The molecule has 106 valence electrons. The summed E-state index contributed by atoms with van der Waals surface area (Å²) in [6.07, 6.45) is 0. The molecular weight excluding hydrogens is 277 g/mol. The number of anilines is 1. The Morgan fingerprint density at radius 1 is 1.10 bits per heavy atom. The summed E-state index contributed by atoms with van der Waals surface area (Å²) in [6.45, 7) is 3.75. The molecule has 5 heteroatoms. The quantitative estimate of drug-likeness (QED) is 0.885. The first-order valence-electron chi connectivity index (χ1n) is 6.14.